The number of amides is 1. The average molecular weight is 403 g/mol. The van der Waals surface area contributed by atoms with E-state index in [2.05, 4.69) is 20.3 Å². The van der Waals surface area contributed by atoms with Gasteiger partial charge in [-0.05, 0) is 18.2 Å². The summed E-state index contributed by atoms with van der Waals surface area (Å²) in [6, 6.07) is 6.45. The SMILES string of the molecule is O=C(NCc1ccncn1)c1csc2nc(-c3ccc(C(F)(F)F)cc3)cn12. The minimum absolute atomic E-state index is 0.249. The predicted molar refractivity (Wildman–Crippen MR) is 96.7 cm³/mol. The first-order chi connectivity index (χ1) is 13.4. The Bertz CT molecular complexity index is 1120. The van der Waals surface area contributed by atoms with Crippen LogP contribution in [-0.2, 0) is 12.7 Å². The number of fused-ring (bicyclic) bond motifs is 1. The van der Waals surface area contributed by atoms with Crippen LogP contribution in [0.2, 0.25) is 0 Å². The molecule has 0 aliphatic rings. The minimum atomic E-state index is -4.39. The Labute approximate surface area is 160 Å². The number of carbonyl (C=O) groups excluding carboxylic acids is 1. The van der Waals surface area contributed by atoms with Gasteiger partial charge in [0, 0.05) is 23.3 Å². The first kappa shape index (κ1) is 18.1. The molecule has 0 fully saturated rings. The molecule has 0 aliphatic carbocycles. The van der Waals surface area contributed by atoms with Crippen molar-refractivity contribution in [3.63, 3.8) is 0 Å². The quantitative estimate of drug-likeness (QED) is 0.563. The van der Waals surface area contributed by atoms with Gasteiger partial charge in [0.1, 0.15) is 12.0 Å². The molecule has 0 saturated carbocycles. The molecule has 1 N–H and O–H groups in total. The van der Waals surface area contributed by atoms with Crippen molar-refractivity contribution in [1.29, 1.82) is 0 Å². The van der Waals surface area contributed by atoms with E-state index in [1.54, 1.807) is 28.2 Å². The van der Waals surface area contributed by atoms with Gasteiger partial charge in [-0.1, -0.05) is 12.1 Å². The van der Waals surface area contributed by atoms with Crippen molar-refractivity contribution < 1.29 is 18.0 Å². The predicted octanol–water partition coefficient (Wildman–Crippen LogP) is 3.80. The van der Waals surface area contributed by atoms with Crippen molar-refractivity contribution in [2.75, 3.05) is 0 Å². The highest BCUT2D eigenvalue weighted by Gasteiger charge is 2.30. The van der Waals surface area contributed by atoms with Crippen LogP contribution in [0.3, 0.4) is 0 Å². The number of thiazole rings is 1. The fourth-order valence-electron chi connectivity index (χ4n) is 2.60. The van der Waals surface area contributed by atoms with E-state index in [1.807, 2.05) is 0 Å². The fraction of sp³-hybridized carbons (Fsp3) is 0.111. The van der Waals surface area contributed by atoms with E-state index >= 15 is 0 Å². The molecule has 3 heterocycles. The minimum Gasteiger partial charge on any atom is -0.345 e. The molecule has 0 bridgehead atoms. The van der Waals surface area contributed by atoms with Crippen molar-refractivity contribution in [3.8, 4) is 11.3 Å². The lowest BCUT2D eigenvalue weighted by Gasteiger charge is -2.06. The fourth-order valence-corrected chi connectivity index (χ4v) is 3.45. The number of halogens is 3. The van der Waals surface area contributed by atoms with Crippen molar-refractivity contribution in [2.24, 2.45) is 0 Å². The standard InChI is InChI=1S/C18H12F3N5OS/c19-18(20,21)12-3-1-11(2-4-12)14-8-26-15(9-28-17(26)25-14)16(27)23-7-13-5-6-22-10-24-13/h1-6,8-10H,7H2,(H,23,27). The number of rotatable bonds is 4. The zero-order valence-electron chi connectivity index (χ0n) is 14.1. The molecular weight excluding hydrogens is 391 g/mol. The lowest BCUT2D eigenvalue weighted by Crippen LogP contribution is -2.24. The van der Waals surface area contributed by atoms with Gasteiger partial charge in [-0.3, -0.25) is 9.20 Å². The van der Waals surface area contributed by atoms with E-state index in [9.17, 15) is 18.0 Å². The molecule has 28 heavy (non-hydrogen) atoms. The van der Waals surface area contributed by atoms with Crippen LogP contribution in [0.5, 0.6) is 0 Å². The summed E-state index contributed by atoms with van der Waals surface area (Å²) in [5.41, 5.74) is 1.37. The van der Waals surface area contributed by atoms with E-state index in [0.717, 1.165) is 12.1 Å². The van der Waals surface area contributed by atoms with E-state index in [0.29, 0.717) is 27.6 Å². The Balaban J connectivity index is 1.56. The normalized spacial score (nSPS) is 11.7. The molecule has 10 heteroatoms. The van der Waals surface area contributed by atoms with E-state index < -0.39 is 11.7 Å². The molecule has 3 aromatic heterocycles. The van der Waals surface area contributed by atoms with Crippen LogP contribution in [-0.4, -0.2) is 25.3 Å². The number of benzene rings is 1. The van der Waals surface area contributed by atoms with Crippen molar-refractivity contribution in [3.05, 3.63) is 71.4 Å². The van der Waals surface area contributed by atoms with Crippen molar-refractivity contribution in [1.82, 2.24) is 24.7 Å². The van der Waals surface area contributed by atoms with Crippen LogP contribution in [0.1, 0.15) is 21.7 Å². The summed E-state index contributed by atoms with van der Waals surface area (Å²) >= 11 is 1.27. The summed E-state index contributed by atoms with van der Waals surface area (Å²) in [4.78, 5) is 25.3. The summed E-state index contributed by atoms with van der Waals surface area (Å²) < 4.78 is 39.7. The molecule has 4 rings (SSSR count). The van der Waals surface area contributed by atoms with Crippen LogP contribution >= 0.6 is 11.3 Å². The molecule has 4 aromatic rings. The summed E-state index contributed by atoms with van der Waals surface area (Å²) in [6.07, 6.45) is 0.232. The van der Waals surface area contributed by atoms with Crippen LogP contribution in [0, 0.1) is 0 Å². The highest BCUT2D eigenvalue weighted by molar-refractivity contribution is 7.15. The van der Waals surface area contributed by atoms with E-state index in [1.165, 1.54) is 29.8 Å². The maximum Gasteiger partial charge on any atom is 0.416 e. The Morgan fingerprint density at radius 3 is 2.64 bits per heavy atom. The van der Waals surface area contributed by atoms with Crippen LogP contribution < -0.4 is 5.32 Å². The molecule has 0 aliphatic heterocycles. The van der Waals surface area contributed by atoms with Gasteiger partial charge in [0.2, 0.25) is 0 Å². The first-order valence-electron chi connectivity index (χ1n) is 8.09. The summed E-state index contributed by atoms with van der Waals surface area (Å²) in [6.45, 7) is 0.249. The van der Waals surface area contributed by atoms with Gasteiger partial charge < -0.3 is 5.32 Å². The van der Waals surface area contributed by atoms with Gasteiger partial charge in [-0.2, -0.15) is 13.2 Å². The van der Waals surface area contributed by atoms with Gasteiger partial charge >= 0.3 is 6.18 Å². The molecule has 6 nitrogen and oxygen atoms in total. The topological polar surface area (TPSA) is 72.2 Å². The third-order valence-electron chi connectivity index (χ3n) is 4.02. The lowest BCUT2D eigenvalue weighted by molar-refractivity contribution is -0.137. The second-order valence-corrected chi connectivity index (χ2v) is 6.69. The zero-order valence-corrected chi connectivity index (χ0v) is 15.0. The first-order valence-corrected chi connectivity index (χ1v) is 8.97. The Hall–Kier alpha value is -3.27. The highest BCUT2D eigenvalue weighted by Crippen LogP contribution is 2.31. The van der Waals surface area contributed by atoms with Gasteiger partial charge in [0.25, 0.3) is 5.91 Å². The Kier molecular flexibility index (Phi) is 4.55. The van der Waals surface area contributed by atoms with Gasteiger partial charge in [0.15, 0.2) is 4.96 Å². The number of imidazole rings is 1. The van der Waals surface area contributed by atoms with Gasteiger partial charge in [-0.25, -0.2) is 15.0 Å². The number of hydrogen-bond donors (Lipinski definition) is 1. The Morgan fingerprint density at radius 2 is 1.96 bits per heavy atom. The molecule has 0 atom stereocenters. The molecule has 0 unspecified atom stereocenters. The monoisotopic (exact) mass is 403 g/mol. The van der Waals surface area contributed by atoms with E-state index in [-0.39, 0.29) is 12.5 Å². The lowest BCUT2D eigenvalue weighted by atomic mass is 10.1. The summed E-state index contributed by atoms with van der Waals surface area (Å²) in [5, 5.41) is 4.45. The molecule has 1 amide bonds. The van der Waals surface area contributed by atoms with Crippen LogP contribution in [0.25, 0.3) is 16.2 Å². The second kappa shape index (κ2) is 7.04. The third kappa shape index (κ3) is 3.58. The molecule has 0 saturated heterocycles. The van der Waals surface area contributed by atoms with Crippen LogP contribution in [0.4, 0.5) is 13.2 Å². The summed E-state index contributed by atoms with van der Waals surface area (Å²) in [5.74, 6) is -0.304. The molecular formula is C18H12F3N5OS. The maximum atomic E-state index is 12.7. The van der Waals surface area contributed by atoms with Crippen LogP contribution in [0.15, 0.2) is 54.4 Å². The van der Waals surface area contributed by atoms with Gasteiger partial charge in [0.05, 0.1) is 23.5 Å². The number of carbonyl (C=O) groups is 1. The average Bonchev–Trinajstić information content (AvgIpc) is 3.27. The summed E-state index contributed by atoms with van der Waals surface area (Å²) in [7, 11) is 0. The Morgan fingerprint density at radius 1 is 1.18 bits per heavy atom. The number of aromatic nitrogens is 4. The molecule has 0 spiro atoms. The third-order valence-corrected chi connectivity index (χ3v) is 4.86. The maximum absolute atomic E-state index is 12.7. The van der Waals surface area contributed by atoms with Crippen molar-refractivity contribution in [2.45, 2.75) is 12.7 Å². The number of alkyl halides is 3. The number of nitrogens with zero attached hydrogens (tertiary/aromatic N) is 4. The largest absolute Gasteiger partial charge is 0.416 e. The number of nitrogens with one attached hydrogen (secondary N) is 1. The number of hydrogen-bond acceptors (Lipinski definition) is 5. The molecule has 1 aromatic carbocycles. The molecule has 142 valence electrons. The highest BCUT2D eigenvalue weighted by atomic mass is 32.1. The van der Waals surface area contributed by atoms with Crippen molar-refractivity contribution >= 4 is 22.2 Å². The molecule has 0 radical (unpaired) electrons. The van der Waals surface area contributed by atoms with E-state index in [4.69, 9.17) is 0 Å². The smallest absolute Gasteiger partial charge is 0.345 e. The second-order valence-electron chi connectivity index (χ2n) is 5.86. The zero-order chi connectivity index (χ0) is 19.7. The van der Waals surface area contributed by atoms with Gasteiger partial charge in [-0.15, -0.1) is 11.3 Å².